The molecule has 0 aromatic heterocycles. The summed E-state index contributed by atoms with van der Waals surface area (Å²) in [5.41, 5.74) is 6.42. The topological polar surface area (TPSA) is 97.7 Å². The molecule has 1 fully saturated rings. The first kappa shape index (κ1) is 22.2. The Balaban J connectivity index is 2.04. The summed E-state index contributed by atoms with van der Waals surface area (Å²) in [5, 5.41) is 11.2. The molecule has 1 aromatic carbocycles. The fraction of sp³-hybridized carbons (Fsp3) is 0.368. The van der Waals surface area contributed by atoms with E-state index in [0.717, 1.165) is 5.57 Å². The van der Waals surface area contributed by atoms with Crippen molar-refractivity contribution in [3.05, 3.63) is 34.9 Å². The maximum Gasteiger partial charge on any atom is 0.323 e. The van der Waals surface area contributed by atoms with Gasteiger partial charge in [0.1, 0.15) is 18.2 Å². The first-order valence-corrected chi connectivity index (χ1v) is 9.29. The summed E-state index contributed by atoms with van der Waals surface area (Å²) in [4.78, 5) is 19.0. The maximum atomic E-state index is 14.4. The predicted molar refractivity (Wildman–Crippen MR) is 112 cm³/mol. The van der Waals surface area contributed by atoms with Gasteiger partial charge in [-0.3, -0.25) is 5.32 Å². The minimum absolute atomic E-state index is 0.0121. The molecule has 0 aliphatic carbocycles. The molecular formula is C19H22F2N6OS. The van der Waals surface area contributed by atoms with Gasteiger partial charge in [-0.15, -0.1) is 0 Å². The number of nitrogens with one attached hydrogen (secondary N) is 1. The number of carbonyl (C=O) groups is 1. The van der Waals surface area contributed by atoms with Gasteiger partial charge in [-0.2, -0.15) is 5.26 Å². The van der Waals surface area contributed by atoms with Crippen molar-refractivity contribution in [3.8, 4) is 6.07 Å². The number of thiocarbonyl (C=S) groups is 1. The molecule has 2 amide bonds. The second-order valence-corrected chi connectivity index (χ2v) is 7.00. The Morgan fingerprint density at radius 2 is 2.00 bits per heavy atom. The fourth-order valence-corrected chi connectivity index (χ4v) is 3.06. The van der Waals surface area contributed by atoms with E-state index in [1.54, 1.807) is 18.9 Å². The van der Waals surface area contributed by atoms with Crippen LogP contribution in [0.3, 0.4) is 0 Å². The number of hydrogen-bond acceptors (Lipinski definition) is 4. The lowest BCUT2D eigenvalue weighted by Gasteiger charge is -2.28. The van der Waals surface area contributed by atoms with Gasteiger partial charge in [0.25, 0.3) is 0 Å². The number of amides is 2. The highest BCUT2D eigenvalue weighted by atomic mass is 32.1. The summed E-state index contributed by atoms with van der Waals surface area (Å²) < 4.78 is 28.8. The third-order valence-corrected chi connectivity index (χ3v) is 4.54. The molecule has 0 unspecified atom stereocenters. The van der Waals surface area contributed by atoms with Gasteiger partial charge >= 0.3 is 6.03 Å². The quantitative estimate of drug-likeness (QED) is 0.339. The minimum atomic E-state index is -0.696. The van der Waals surface area contributed by atoms with Crippen LogP contribution in [0.25, 0.3) is 6.08 Å². The number of urea groups is 1. The number of benzene rings is 1. The molecule has 0 spiro atoms. The van der Waals surface area contributed by atoms with Gasteiger partial charge in [0.05, 0.1) is 11.9 Å². The van der Waals surface area contributed by atoms with E-state index < -0.39 is 11.6 Å². The SMILES string of the molecule is C/C(N)=N/C(=S)NC(=O)N1CCC(=Cc2c(F)cc(N(C)CC#N)cc2F)CC1. The highest BCUT2D eigenvalue weighted by molar-refractivity contribution is 7.80. The number of carbonyl (C=O) groups excluding carboxylic acids is 1. The number of halogens is 2. The minimum Gasteiger partial charge on any atom is -0.387 e. The Labute approximate surface area is 173 Å². The average Bonchev–Trinajstić information content (AvgIpc) is 2.64. The van der Waals surface area contributed by atoms with Gasteiger partial charge < -0.3 is 15.5 Å². The molecule has 3 N–H and O–H groups in total. The lowest BCUT2D eigenvalue weighted by atomic mass is 10.0. The molecule has 1 saturated heterocycles. The fourth-order valence-electron chi connectivity index (χ4n) is 2.83. The number of piperidine rings is 1. The standard InChI is InChI=1S/C19H22F2N6OS/c1-12(23)24-18(29)25-19(28)27-6-3-13(4-7-27)9-15-16(20)10-14(11-17(15)21)26(2)8-5-22/h9-11H,3-4,6-8H2,1-2H3,(H3,23,24,25,28,29). The van der Waals surface area contributed by atoms with E-state index in [9.17, 15) is 13.6 Å². The first-order valence-electron chi connectivity index (χ1n) is 8.88. The summed E-state index contributed by atoms with van der Waals surface area (Å²) in [6, 6.07) is 3.95. The predicted octanol–water partition coefficient (Wildman–Crippen LogP) is 2.78. The van der Waals surface area contributed by atoms with Gasteiger partial charge in [-0.05, 0) is 50.2 Å². The molecule has 154 valence electrons. The van der Waals surface area contributed by atoms with Crippen molar-refractivity contribution in [2.24, 2.45) is 10.7 Å². The Hall–Kier alpha value is -3.06. The smallest absolute Gasteiger partial charge is 0.323 e. The number of anilines is 1. The Bertz CT molecular complexity index is 871. The van der Waals surface area contributed by atoms with E-state index in [1.165, 1.54) is 23.1 Å². The zero-order chi connectivity index (χ0) is 21.6. The molecule has 1 aliphatic heterocycles. The summed E-state index contributed by atoms with van der Waals surface area (Å²) in [5.74, 6) is -1.15. The van der Waals surface area contributed by atoms with Gasteiger partial charge in [0, 0.05) is 31.4 Å². The monoisotopic (exact) mass is 420 g/mol. The van der Waals surface area contributed by atoms with E-state index in [1.807, 2.05) is 6.07 Å². The molecular weight excluding hydrogens is 398 g/mol. The van der Waals surface area contributed by atoms with E-state index in [2.05, 4.69) is 10.3 Å². The van der Waals surface area contributed by atoms with Gasteiger partial charge in [-0.1, -0.05) is 5.57 Å². The van der Waals surface area contributed by atoms with Crippen LogP contribution in [-0.4, -0.2) is 48.6 Å². The van der Waals surface area contributed by atoms with Gasteiger partial charge in [0.2, 0.25) is 5.11 Å². The summed E-state index contributed by atoms with van der Waals surface area (Å²) >= 11 is 4.92. The van der Waals surface area contributed by atoms with Crippen molar-refractivity contribution >= 4 is 41.0 Å². The molecule has 1 aliphatic rings. The van der Waals surface area contributed by atoms with Gasteiger partial charge in [-0.25, -0.2) is 18.6 Å². The number of rotatable bonds is 3. The molecule has 0 bridgehead atoms. The van der Waals surface area contributed by atoms with Crippen molar-refractivity contribution in [2.75, 3.05) is 31.6 Å². The van der Waals surface area contributed by atoms with Crippen molar-refractivity contribution in [3.63, 3.8) is 0 Å². The number of nitrogens with zero attached hydrogens (tertiary/aromatic N) is 4. The Morgan fingerprint density at radius 3 is 2.52 bits per heavy atom. The molecule has 1 heterocycles. The van der Waals surface area contributed by atoms with E-state index >= 15 is 0 Å². The normalized spacial score (nSPS) is 14.2. The van der Waals surface area contributed by atoms with Crippen molar-refractivity contribution < 1.29 is 13.6 Å². The third-order valence-electron chi connectivity index (χ3n) is 4.35. The van der Waals surface area contributed by atoms with Crippen LogP contribution in [0.15, 0.2) is 22.7 Å². The number of nitrogens with two attached hydrogens (primary N) is 1. The van der Waals surface area contributed by atoms with Crippen LogP contribution >= 0.6 is 12.2 Å². The van der Waals surface area contributed by atoms with E-state index in [4.69, 9.17) is 23.2 Å². The zero-order valence-corrected chi connectivity index (χ0v) is 17.0. The van der Waals surface area contributed by atoms with Crippen LogP contribution in [0.5, 0.6) is 0 Å². The second kappa shape index (κ2) is 9.93. The lowest BCUT2D eigenvalue weighted by Crippen LogP contribution is -2.44. The van der Waals surface area contributed by atoms with Crippen LogP contribution in [0.4, 0.5) is 19.3 Å². The molecule has 0 atom stereocenters. The number of hydrogen-bond donors (Lipinski definition) is 2. The maximum absolute atomic E-state index is 14.4. The first-order chi connectivity index (χ1) is 13.7. The highest BCUT2D eigenvalue weighted by Crippen LogP contribution is 2.26. The van der Waals surface area contributed by atoms with Crippen molar-refractivity contribution in [1.29, 1.82) is 5.26 Å². The third kappa shape index (κ3) is 6.22. The lowest BCUT2D eigenvalue weighted by molar-refractivity contribution is 0.199. The average molecular weight is 420 g/mol. The van der Waals surface area contributed by atoms with Crippen LogP contribution in [-0.2, 0) is 0 Å². The largest absolute Gasteiger partial charge is 0.387 e. The number of nitriles is 1. The second-order valence-electron chi connectivity index (χ2n) is 6.62. The van der Waals surface area contributed by atoms with Gasteiger partial charge in [0.15, 0.2) is 0 Å². The Morgan fingerprint density at radius 1 is 1.41 bits per heavy atom. The van der Waals surface area contributed by atoms with Crippen LogP contribution < -0.4 is 16.0 Å². The molecule has 7 nitrogen and oxygen atoms in total. The van der Waals surface area contributed by atoms with E-state index in [-0.39, 0.29) is 29.1 Å². The summed E-state index contributed by atoms with van der Waals surface area (Å²) in [6.45, 7) is 2.36. The number of amidine groups is 1. The molecule has 10 heteroatoms. The Kier molecular flexibility index (Phi) is 7.61. The van der Waals surface area contributed by atoms with Crippen molar-refractivity contribution in [1.82, 2.24) is 10.2 Å². The molecule has 0 radical (unpaired) electrons. The summed E-state index contributed by atoms with van der Waals surface area (Å²) in [6.07, 6.45) is 2.45. The highest BCUT2D eigenvalue weighted by Gasteiger charge is 2.21. The van der Waals surface area contributed by atoms with Crippen LogP contribution in [0.1, 0.15) is 25.3 Å². The molecule has 2 rings (SSSR count). The number of likely N-dealkylation sites (tertiary alicyclic amines) is 1. The van der Waals surface area contributed by atoms with Crippen LogP contribution in [0, 0.1) is 23.0 Å². The zero-order valence-electron chi connectivity index (χ0n) is 16.2. The molecule has 0 saturated carbocycles. The van der Waals surface area contributed by atoms with Crippen LogP contribution in [0.2, 0.25) is 0 Å². The van der Waals surface area contributed by atoms with E-state index in [0.29, 0.717) is 31.6 Å². The molecule has 1 aromatic rings. The molecule has 29 heavy (non-hydrogen) atoms. The summed E-state index contributed by atoms with van der Waals surface area (Å²) in [7, 11) is 1.59. The van der Waals surface area contributed by atoms with Crippen molar-refractivity contribution in [2.45, 2.75) is 19.8 Å². The number of aliphatic imine (C=N–C) groups is 1.